The molecule has 0 aliphatic carbocycles. The maximum absolute atomic E-state index is 13.7. The monoisotopic (exact) mass is 423 g/mol. The fraction of sp³-hybridized carbons (Fsp3) is 0.375. The highest BCUT2D eigenvalue weighted by atomic mass is 19.1. The molecule has 4 rings (SSSR count). The number of hydrogen-bond acceptors (Lipinski definition) is 4. The Hall–Kier alpha value is -3.06. The maximum Gasteiger partial charge on any atom is 0.261 e. The van der Waals surface area contributed by atoms with Gasteiger partial charge in [0.25, 0.3) is 11.8 Å². The fourth-order valence-electron chi connectivity index (χ4n) is 4.27. The Morgan fingerprint density at radius 3 is 2.19 bits per heavy atom. The van der Waals surface area contributed by atoms with Crippen molar-refractivity contribution in [3.8, 4) is 0 Å². The molecule has 0 saturated carbocycles. The van der Waals surface area contributed by atoms with E-state index >= 15 is 0 Å². The summed E-state index contributed by atoms with van der Waals surface area (Å²) < 4.78 is 13.7. The normalized spacial score (nSPS) is 17.1. The Balaban J connectivity index is 1.19. The van der Waals surface area contributed by atoms with Crippen LogP contribution in [0.5, 0.6) is 0 Å². The van der Waals surface area contributed by atoms with Gasteiger partial charge in [-0.15, -0.1) is 0 Å². The van der Waals surface area contributed by atoms with Crippen LogP contribution in [0.2, 0.25) is 0 Å². The zero-order valence-corrected chi connectivity index (χ0v) is 17.4. The Morgan fingerprint density at radius 2 is 1.55 bits per heavy atom. The number of imide groups is 1. The van der Waals surface area contributed by atoms with Crippen molar-refractivity contribution in [1.29, 1.82) is 0 Å². The van der Waals surface area contributed by atoms with Crippen LogP contribution in [0.4, 0.5) is 4.39 Å². The van der Waals surface area contributed by atoms with Crippen LogP contribution in [0.25, 0.3) is 0 Å². The summed E-state index contributed by atoms with van der Waals surface area (Å²) in [5.74, 6) is -0.759. The number of rotatable bonds is 7. The molecule has 0 radical (unpaired) electrons. The van der Waals surface area contributed by atoms with E-state index in [4.69, 9.17) is 0 Å². The van der Waals surface area contributed by atoms with Crippen LogP contribution in [0.3, 0.4) is 0 Å². The number of nitrogens with zero attached hydrogens (tertiary/aromatic N) is 2. The van der Waals surface area contributed by atoms with Gasteiger partial charge >= 0.3 is 0 Å². The van der Waals surface area contributed by atoms with E-state index in [0.29, 0.717) is 42.7 Å². The predicted octanol–water partition coefficient (Wildman–Crippen LogP) is 2.49. The Kier molecular flexibility index (Phi) is 6.42. The Morgan fingerprint density at radius 1 is 0.935 bits per heavy atom. The van der Waals surface area contributed by atoms with Gasteiger partial charge in [0, 0.05) is 25.6 Å². The van der Waals surface area contributed by atoms with Gasteiger partial charge in [-0.3, -0.25) is 19.3 Å². The second kappa shape index (κ2) is 9.39. The topological polar surface area (TPSA) is 69.7 Å². The molecule has 2 aromatic carbocycles. The number of carbonyl (C=O) groups is 3. The van der Waals surface area contributed by atoms with Gasteiger partial charge < -0.3 is 10.2 Å². The van der Waals surface area contributed by atoms with Gasteiger partial charge in [0.1, 0.15) is 5.82 Å². The first kappa shape index (κ1) is 21.2. The third kappa shape index (κ3) is 4.66. The van der Waals surface area contributed by atoms with E-state index in [1.807, 2.05) is 0 Å². The lowest BCUT2D eigenvalue weighted by Gasteiger charge is -2.32. The van der Waals surface area contributed by atoms with Crippen LogP contribution < -0.4 is 5.32 Å². The lowest BCUT2D eigenvalue weighted by molar-refractivity contribution is -0.126. The minimum absolute atomic E-state index is 0.0105. The maximum atomic E-state index is 13.7. The lowest BCUT2D eigenvalue weighted by atomic mass is 9.96. The number of likely N-dealkylation sites (tertiary alicyclic amines) is 1. The lowest BCUT2D eigenvalue weighted by Crippen LogP contribution is -2.44. The first-order valence-electron chi connectivity index (χ1n) is 10.7. The molecule has 1 saturated heterocycles. The van der Waals surface area contributed by atoms with E-state index in [-0.39, 0.29) is 29.5 Å². The van der Waals surface area contributed by atoms with Crippen molar-refractivity contribution in [2.45, 2.75) is 19.3 Å². The van der Waals surface area contributed by atoms with Crippen LogP contribution >= 0.6 is 0 Å². The van der Waals surface area contributed by atoms with E-state index in [2.05, 4.69) is 10.2 Å². The van der Waals surface area contributed by atoms with E-state index in [9.17, 15) is 18.8 Å². The van der Waals surface area contributed by atoms with E-state index < -0.39 is 0 Å². The molecule has 6 nitrogen and oxygen atoms in total. The zero-order chi connectivity index (χ0) is 21.8. The molecule has 0 aromatic heterocycles. The second-order valence-electron chi connectivity index (χ2n) is 8.06. The van der Waals surface area contributed by atoms with Crippen LogP contribution in [-0.4, -0.2) is 60.2 Å². The van der Waals surface area contributed by atoms with Gasteiger partial charge in [0.15, 0.2) is 0 Å². The molecule has 3 amide bonds. The van der Waals surface area contributed by atoms with Gasteiger partial charge in [-0.2, -0.15) is 0 Å². The molecule has 0 spiro atoms. The third-order valence-electron chi connectivity index (χ3n) is 6.13. The van der Waals surface area contributed by atoms with Gasteiger partial charge in [-0.05, 0) is 56.1 Å². The molecule has 0 unspecified atom stereocenters. The van der Waals surface area contributed by atoms with Crippen LogP contribution in [-0.2, 0) is 11.2 Å². The first-order valence-corrected chi connectivity index (χ1v) is 10.7. The summed E-state index contributed by atoms with van der Waals surface area (Å²) in [5.41, 5.74) is 1.54. The summed E-state index contributed by atoms with van der Waals surface area (Å²) >= 11 is 0. The number of hydrogen-bond donors (Lipinski definition) is 1. The van der Waals surface area contributed by atoms with Crippen molar-refractivity contribution in [3.05, 3.63) is 71.0 Å². The van der Waals surface area contributed by atoms with Crippen LogP contribution in [0.1, 0.15) is 39.1 Å². The number of amides is 3. The molecule has 31 heavy (non-hydrogen) atoms. The molecular formula is C24H26FN3O3. The highest BCUT2D eigenvalue weighted by Crippen LogP contribution is 2.23. The number of benzene rings is 2. The minimum atomic E-state index is -0.247. The molecule has 0 bridgehead atoms. The molecule has 2 aromatic rings. The number of carbonyl (C=O) groups excluding carboxylic acids is 3. The summed E-state index contributed by atoms with van der Waals surface area (Å²) in [6, 6.07) is 13.5. The second-order valence-corrected chi connectivity index (χ2v) is 8.06. The smallest absolute Gasteiger partial charge is 0.261 e. The average Bonchev–Trinajstić information content (AvgIpc) is 3.04. The number of piperidine rings is 1. The highest BCUT2D eigenvalue weighted by molar-refractivity contribution is 6.21. The van der Waals surface area contributed by atoms with Crippen molar-refractivity contribution in [2.24, 2.45) is 5.92 Å². The van der Waals surface area contributed by atoms with Crippen LogP contribution in [0.15, 0.2) is 48.5 Å². The molecule has 162 valence electrons. The summed E-state index contributed by atoms with van der Waals surface area (Å²) in [6.45, 7) is 2.86. The highest BCUT2D eigenvalue weighted by Gasteiger charge is 2.35. The molecular weight excluding hydrogens is 397 g/mol. The summed E-state index contributed by atoms with van der Waals surface area (Å²) in [7, 11) is 0. The van der Waals surface area contributed by atoms with Crippen molar-refractivity contribution in [1.82, 2.24) is 15.1 Å². The zero-order valence-electron chi connectivity index (χ0n) is 17.4. The van der Waals surface area contributed by atoms with Crippen molar-refractivity contribution >= 4 is 17.7 Å². The third-order valence-corrected chi connectivity index (χ3v) is 6.13. The summed E-state index contributed by atoms with van der Waals surface area (Å²) in [5, 5.41) is 2.92. The standard InChI is InChI=1S/C24H26FN3O3/c25-21-8-4-1-5-17(21)9-12-26-22(29)18-10-13-27(14-11-18)15-16-28-23(30)19-6-2-3-7-20(19)24(28)31/h1-8,18H,9-16H2,(H,26,29). The molecule has 1 fully saturated rings. The molecule has 7 heteroatoms. The SMILES string of the molecule is O=C(NCCc1ccccc1F)C1CCN(CCN2C(=O)c3ccccc3C2=O)CC1. The van der Waals surface area contributed by atoms with Crippen molar-refractivity contribution in [3.63, 3.8) is 0 Å². The molecule has 2 aliphatic heterocycles. The van der Waals surface area contributed by atoms with Crippen LogP contribution in [0, 0.1) is 11.7 Å². The minimum Gasteiger partial charge on any atom is -0.356 e. The van der Waals surface area contributed by atoms with Crippen molar-refractivity contribution < 1.29 is 18.8 Å². The summed E-state index contributed by atoms with van der Waals surface area (Å²) in [4.78, 5) is 40.8. The van der Waals surface area contributed by atoms with E-state index in [1.54, 1.807) is 42.5 Å². The molecule has 0 atom stereocenters. The van der Waals surface area contributed by atoms with Crippen molar-refractivity contribution in [2.75, 3.05) is 32.7 Å². The first-order chi connectivity index (χ1) is 15.0. The quantitative estimate of drug-likeness (QED) is 0.695. The van der Waals surface area contributed by atoms with Gasteiger partial charge in [0.05, 0.1) is 11.1 Å². The predicted molar refractivity (Wildman–Crippen MR) is 114 cm³/mol. The summed E-state index contributed by atoms with van der Waals surface area (Å²) in [6.07, 6.45) is 1.93. The number of fused-ring (bicyclic) bond motifs is 1. The van der Waals surface area contributed by atoms with Gasteiger partial charge in [-0.25, -0.2) is 4.39 Å². The van der Waals surface area contributed by atoms with Gasteiger partial charge in [-0.1, -0.05) is 30.3 Å². The average molecular weight is 423 g/mol. The number of halogens is 1. The van der Waals surface area contributed by atoms with Gasteiger partial charge in [0.2, 0.25) is 5.91 Å². The Bertz CT molecular complexity index is 951. The largest absolute Gasteiger partial charge is 0.356 e. The molecule has 1 N–H and O–H groups in total. The van der Waals surface area contributed by atoms with E-state index in [1.165, 1.54) is 11.0 Å². The Labute approximate surface area is 181 Å². The molecule has 2 heterocycles. The van der Waals surface area contributed by atoms with E-state index in [0.717, 1.165) is 25.9 Å². The number of nitrogens with one attached hydrogen (secondary N) is 1. The fourth-order valence-corrected chi connectivity index (χ4v) is 4.27. The molecule has 2 aliphatic rings.